The number of anilines is 2. The summed E-state index contributed by atoms with van der Waals surface area (Å²) >= 11 is 0. The lowest BCUT2D eigenvalue weighted by Gasteiger charge is -2.25. The number of rotatable bonds is 12. The van der Waals surface area contributed by atoms with E-state index < -0.39 is 44.9 Å². The number of carbonyl (C=O) groups excluding carboxylic acids is 2. The summed E-state index contributed by atoms with van der Waals surface area (Å²) in [5, 5.41) is 15.6. The minimum absolute atomic E-state index is 0.00945. The molecule has 0 aliphatic heterocycles. The maximum absolute atomic E-state index is 13.2. The molecule has 4 N–H and O–H groups in total. The van der Waals surface area contributed by atoms with Crippen LogP contribution in [0.4, 0.5) is 21.0 Å². The van der Waals surface area contributed by atoms with E-state index in [4.69, 9.17) is 9.47 Å². The summed E-state index contributed by atoms with van der Waals surface area (Å²) in [7, 11) is -2.10. The number of carbonyl (C=O) groups is 3. The molecule has 1 heterocycles. The van der Waals surface area contributed by atoms with Gasteiger partial charge in [0.05, 0.1) is 40.5 Å². The first-order valence-electron chi connectivity index (χ1n) is 16.7. The monoisotopic (exact) mass is 733 g/mol. The van der Waals surface area contributed by atoms with E-state index in [0.29, 0.717) is 52.7 Å². The third-order valence-electron chi connectivity index (χ3n) is 8.52. The van der Waals surface area contributed by atoms with Gasteiger partial charge in [0.25, 0.3) is 5.56 Å². The Balaban J connectivity index is 1.24. The Kier molecular flexibility index (Phi) is 10.9. The smallest absolute Gasteiger partial charge is 0.411 e. The number of carboxylic acid groups (broad SMARTS) is 1. The van der Waals surface area contributed by atoms with Crippen LogP contribution in [0.15, 0.2) is 64.5 Å². The van der Waals surface area contributed by atoms with Crippen LogP contribution in [0, 0.1) is 13.8 Å². The van der Waals surface area contributed by atoms with E-state index in [-0.39, 0.29) is 23.6 Å². The van der Waals surface area contributed by atoms with Crippen LogP contribution in [0.25, 0.3) is 10.9 Å². The molecule has 2 amide bonds. The number of amides is 2. The van der Waals surface area contributed by atoms with E-state index in [1.807, 2.05) is 13.8 Å². The van der Waals surface area contributed by atoms with Gasteiger partial charge in [-0.3, -0.25) is 10.1 Å². The van der Waals surface area contributed by atoms with Crippen molar-refractivity contribution in [2.75, 3.05) is 24.3 Å². The fourth-order valence-corrected chi connectivity index (χ4v) is 7.74. The average Bonchev–Trinajstić information content (AvgIpc) is 3.91. The van der Waals surface area contributed by atoms with Crippen LogP contribution in [0.1, 0.15) is 67.5 Å². The van der Waals surface area contributed by atoms with Crippen molar-refractivity contribution in [1.82, 2.24) is 14.9 Å². The number of hydrogen-bond acceptors (Lipinski definition) is 10. The van der Waals surface area contributed by atoms with Crippen LogP contribution in [0.5, 0.6) is 0 Å². The Bertz CT molecular complexity index is 2170. The molecular formula is C37H43N5O9S. The van der Waals surface area contributed by atoms with E-state index in [9.17, 15) is 32.7 Å². The van der Waals surface area contributed by atoms with Crippen LogP contribution in [-0.2, 0) is 37.1 Å². The minimum atomic E-state index is -3.61. The first-order chi connectivity index (χ1) is 24.4. The normalized spacial score (nSPS) is 13.7. The number of aromatic amines is 1. The van der Waals surface area contributed by atoms with Crippen molar-refractivity contribution >= 4 is 50.3 Å². The molecule has 4 aromatic rings. The van der Waals surface area contributed by atoms with Crippen molar-refractivity contribution in [1.29, 1.82) is 0 Å². The van der Waals surface area contributed by atoms with Crippen molar-refractivity contribution in [3.8, 4) is 0 Å². The number of ether oxygens (including phenoxy) is 2. The molecule has 1 aliphatic carbocycles. The van der Waals surface area contributed by atoms with E-state index in [0.717, 1.165) is 16.7 Å². The molecule has 5 rings (SSSR count). The molecule has 52 heavy (non-hydrogen) atoms. The number of fused-ring (bicyclic) bond motifs is 1. The Morgan fingerprint density at radius 1 is 1.04 bits per heavy atom. The largest absolute Gasteiger partial charge is 0.479 e. The van der Waals surface area contributed by atoms with Crippen molar-refractivity contribution in [3.63, 3.8) is 0 Å². The Morgan fingerprint density at radius 2 is 1.71 bits per heavy atom. The topological polar surface area (TPSA) is 197 Å². The second-order valence-corrected chi connectivity index (χ2v) is 16.1. The van der Waals surface area contributed by atoms with Gasteiger partial charge in [0.15, 0.2) is 15.9 Å². The zero-order chi connectivity index (χ0) is 38.0. The zero-order valence-corrected chi connectivity index (χ0v) is 30.7. The maximum Gasteiger partial charge on any atom is 0.411 e. The molecule has 15 heteroatoms. The molecule has 1 unspecified atom stereocenters. The lowest BCUT2D eigenvalue weighted by atomic mass is 9.94. The lowest BCUT2D eigenvalue weighted by Crippen LogP contribution is -2.34. The first-order valence-corrected chi connectivity index (χ1v) is 18.3. The molecule has 1 fully saturated rings. The Labute approximate surface area is 301 Å². The fraction of sp³-hybridized carbons (Fsp3) is 0.378. The molecule has 0 radical (unpaired) electrons. The highest BCUT2D eigenvalue weighted by atomic mass is 32.2. The molecule has 3 aromatic carbocycles. The Morgan fingerprint density at radius 3 is 2.35 bits per heavy atom. The number of aliphatic carboxylic acids is 1. The summed E-state index contributed by atoms with van der Waals surface area (Å²) in [6.45, 7) is 8.85. The molecule has 1 saturated carbocycles. The van der Waals surface area contributed by atoms with Crippen LogP contribution in [0.2, 0.25) is 0 Å². The predicted molar refractivity (Wildman–Crippen MR) is 195 cm³/mol. The second-order valence-electron chi connectivity index (χ2n) is 13.9. The lowest BCUT2D eigenvalue weighted by molar-refractivity contribution is -0.138. The van der Waals surface area contributed by atoms with Gasteiger partial charge in [0, 0.05) is 24.8 Å². The van der Waals surface area contributed by atoms with Crippen molar-refractivity contribution in [3.05, 3.63) is 93.0 Å². The van der Waals surface area contributed by atoms with Gasteiger partial charge in [-0.05, 0) is 112 Å². The first kappa shape index (κ1) is 37.8. The van der Waals surface area contributed by atoms with Gasteiger partial charge >= 0.3 is 18.2 Å². The van der Waals surface area contributed by atoms with Crippen LogP contribution in [-0.4, -0.2) is 71.1 Å². The summed E-state index contributed by atoms with van der Waals surface area (Å²) in [6.07, 6.45) is 1.42. The predicted octanol–water partition coefficient (Wildman–Crippen LogP) is 5.87. The van der Waals surface area contributed by atoms with Gasteiger partial charge in [-0.25, -0.2) is 27.8 Å². The van der Waals surface area contributed by atoms with Crippen LogP contribution >= 0.6 is 0 Å². The van der Waals surface area contributed by atoms with Crippen molar-refractivity contribution < 1.29 is 37.4 Å². The van der Waals surface area contributed by atoms with Crippen LogP contribution in [0.3, 0.4) is 0 Å². The number of sulfone groups is 1. The summed E-state index contributed by atoms with van der Waals surface area (Å²) in [4.78, 5) is 58.0. The summed E-state index contributed by atoms with van der Waals surface area (Å²) in [5.41, 5.74) is 3.48. The number of nitrogens with one attached hydrogen (secondary N) is 3. The van der Waals surface area contributed by atoms with E-state index in [2.05, 4.69) is 20.6 Å². The molecule has 1 aromatic heterocycles. The standard InChI is InChI=1S/C37H43N5O9S/c1-21-15-23(32(34(44)45)40-26-7-11-30-29(18-26)33(43)39-20-38-30)16-22(2)28(21)13-14-50-35(46)41-25-8-12-31(52(48,49)27-9-10-27)24(17-25)19-42(6)36(47)51-37(3,4)5/h7-8,11-12,15-18,20,27,32,40H,9-10,13-14,19H2,1-6H3,(H,41,46)(H,44,45)(H,38,39,43). The highest BCUT2D eigenvalue weighted by molar-refractivity contribution is 7.92. The van der Waals surface area contributed by atoms with E-state index in [1.54, 1.807) is 51.1 Å². The molecule has 1 aliphatic rings. The van der Waals surface area contributed by atoms with Gasteiger partial charge in [-0.2, -0.15) is 0 Å². The average molecular weight is 734 g/mol. The fourth-order valence-electron chi connectivity index (χ4n) is 5.88. The molecule has 0 saturated heterocycles. The number of hydrogen-bond donors (Lipinski definition) is 4. The number of aryl methyl sites for hydroxylation is 2. The third-order valence-corrected chi connectivity index (χ3v) is 10.9. The maximum atomic E-state index is 13.2. The molecular weight excluding hydrogens is 690 g/mol. The third kappa shape index (κ3) is 9.07. The van der Waals surface area contributed by atoms with Crippen molar-refractivity contribution in [2.24, 2.45) is 0 Å². The van der Waals surface area contributed by atoms with Gasteiger partial charge in [0.2, 0.25) is 0 Å². The van der Waals surface area contributed by atoms with E-state index in [1.165, 1.54) is 36.5 Å². The molecule has 1 atom stereocenters. The summed E-state index contributed by atoms with van der Waals surface area (Å²) in [6, 6.07) is 11.7. The quantitative estimate of drug-likeness (QED) is 0.136. The molecule has 14 nitrogen and oxygen atoms in total. The van der Waals surface area contributed by atoms with Gasteiger partial charge < -0.3 is 29.8 Å². The van der Waals surface area contributed by atoms with Gasteiger partial charge in [-0.15, -0.1) is 0 Å². The number of aromatic nitrogens is 2. The van der Waals surface area contributed by atoms with Gasteiger partial charge in [-0.1, -0.05) is 12.1 Å². The second kappa shape index (κ2) is 15.0. The number of nitrogens with zero attached hydrogens (tertiary/aromatic N) is 2. The number of H-pyrrole nitrogens is 1. The number of benzene rings is 3. The Hall–Kier alpha value is -5.44. The van der Waals surface area contributed by atoms with Gasteiger partial charge in [0.1, 0.15) is 5.60 Å². The molecule has 0 bridgehead atoms. The molecule has 0 spiro atoms. The van der Waals surface area contributed by atoms with E-state index >= 15 is 0 Å². The highest BCUT2D eigenvalue weighted by Gasteiger charge is 2.38. The van der Waals surface area contributed by atoms with Crippen LogP contribution < -0.4 is 16.2 Å². The SMILES string of the molecule is Cc1cc(C(Nc2ccc3nc[nH]c(=O)c3c2)C(=O)O)cc(C)c1CCOC(=O)Nc1ccc(S(=O)(=O)C2CC2)c(CN(C)C(=O)OC(C)(C)C)c1. The minimum Gasteiger partial charge on any atom is -0.479 e. The highest BCUT2D eigenvalue weighted by Crippen LogP contribution is 2.36. The van der Waals surface area contributed by atoms with Crippen molar-refractivity contribution in [2.45, 2.75) is 82.2 Å². The summed E-state index contributed by atoms with van der Waals surface area (Å²) < 4.78 is 37.3. The number of carboxylic acids is 1. The molecule has 276 valence electrons. The zero-order valence-electron chi connectivity index (χ0n) is 29.9. The summed E-state index contributed by atoms with van der Waals surface area (Å²) in [5.74, 6) is -1.11.